The van der Waals surface area contributed by atoms with Crippen LogP contribution in [0.15, 0.2) is 39.5 Å². The Balaban J connectivity index is 2.93. The average Bonchev–Trinajstić information content (AvgIpc) is 2.07. The molecular formula is C9H5ClO2. The van der Waals surface area contributed by atoms with E-state index in [2.05, 4.69) is 0 Å². The lowest BCUT2D eigenvalue weighted by Crippen LogP contribution is -1.97. The summed E-state index contributed by atoms with van der Waals surface area (Å²) in [6.45, 7) is 0. The number of fused-ring (bicyclic) bond motifs is 1. The molecule has 0 radical (unpaired) electrons. The first-order valence-corrected chi connectivity index (χ1v) is 3.83. The Morgan fingerprint density at radius 2 is 2.00 bits per heavy atom. The molecule has 60 valence electrons. The Labute approximate surface area is 73.4 Å². The largest absolute Gasteiger partial charge is 0.422 e. The van der Waals surface area contributed by atoms with Gasteiger partial charge in [0.05, 0.1) is 0 Å². The van der Waals surface area contributed by atoms with Crippen LogP contribution in [0.2, 0.25) is 5.02 Å². The summed E-state index contributed by atoms with van der Waals surface area (Å²) in [5, 5.41) is 0.954. The van der Waals surface area contributed by atoms with Gasteiger partial charge < -0.3 is 4.42 Å². The molecule has 0 aliphatic rings. The molecule has 0 saturated heterocycles. The molecule has 0 bridgehead atoms. The van der Waals surface area contributed by atoms with Crippen molar-refractivity contribution >= 4 is 22.6 Å². The summed E-state index contributed by atoms with van der Waals surface area (Å²) in [5.74, 6) is 0. The molecule has 0 amide bonds. The quantitative estimate of drug-likeness (QED) is 0.583. The van der Waals surface area contributed by atoms with Crippen LogP contribution in [0, 0.1) is 0 Å². The van der Waals surface area contributed by atoms with Crippen molar-refractivity contribution in [3.8, 4) is 0 Å². The Morgan fingerprint density at radius 3 is 2.83 bits per heavy atom. The van der Waals surface area contributed by atoms with Crippen molar-refractivity contribution in [2.75, 3.05) is 0 Å². The van der Waals surface area contributed by atoms with Crippen molar-refractivity contribution in [3.63, 3.8) is 0 Å². The number of halogens is 1. The van der Waals surface area contributed by atoms with Gasteiger partial charge in [-0.05, 0) is 12.1 Å². The number of benzene rings is 1. The van der Waals surface area contributed by atoms with Crippen molar-refractivity contribution in [1.82, 2.24) is 0 Å². The Morgan fingerprint density at radius 1 is 1.25 bits per heavy atom. The molecule has 2 rings (SSSR count). The van der Waals surface area contributed by atoms with Gasteiger partial charge in [0.2, 0.25) is 0 Å². The van der Waals surface area contributed by atoms with Gasteiger partial charge in [-0.1, -0.05) is 29.8 Å². The molecule has 2 nitrogen and oxygen atoms in total. The van der Waals surface area contributed by atoms with Crippen LogP contribution in [-0.2, 0) is 0 Å². The van der Waals surface area contributed by atoms with E-state index in [0.29, 0.717) is 5.58 Å². The fourth-order valence-corrected chi connectivity index (χ4v) is 1.19. The first kappa shape index (κ1) is 7.37. The topological polar surface area (TPSA) is 30.2 Å². The summed E-state index contributed by atoms with van der Waals surface area (Å²) >= 11 is 5.58. The number of para-hydroxylation sites is 1. The van der Waals surface area contributed by atoms with Gasteiger partial charge in [-0.2, -0.15) is 0 Å². The highest BCUT2D eigenvalue weighted by Crippen LogP contribution is 2.14. The van der Waals surface area contributed by atoms with Crippen LogP contribution in [0.3, 0.4) is 0 Å². The van der Waals surface area contributed by atoms with Crippen molar-refractivity contribution in [1.29, 1.82) is 0 Å². The molecule has 0 fully saturated rings. The van der Waals surface area contributed by atoms with E-state index < -0.39 is 5.63 Å². The lowest BCUT2D eigenvalue weighted by molar-refractivity contribution is 0.561. The van der Waals surface area contributed by atoms with E-state index in [0.717, 1.165) is 5.39 Å². The van der Waals surface area contributed by atoms with E-state index in [-0.39, 0.29) is 5.02 Å². The molecule has 0 unspecified atom stereocenters. The zero-order chi connectivity index (χ0) is 8.55. The number of hydrogen-bond acceptors (Lipinski definition) is 2. The Hall–Kier alpha value is -1.28. The van der Waals surface area contributed by atoms with Crippen LogP contribution < -0.4 is 5.63 Å². The van der Waals surface area contributed by atoms with E-state index in [1.165, 1.54) is 0 Å². The van der Waals surface area contributed by atoms with Crippen molar-refractivity contribution < 1.29 is 4.42 Å². The van der Waals surface area contributed by atoms with Crippen LogP contribution in [0.5, 0.6) is 0 Å². The van der Waals surface area contributed by atoms with Gasteiger partial charge >= 0.3 is 5.63 Å². The monoisotopic (exact) mass is 180 g/mol. The molecule has 1 aromatic carbocycles. The van der Waals surface area contributed by atoms with E-state index in [1.807, 2.05) is 12.1 Å². The van der Waals surface area contributed by atoms with E-state index in [9.17, 15) is 4.79 Å². The van der Waals surface area contributed by atoms with Gasteiger partial charge in [-0.25, -0.2) is 4.79 Å². The molecular weight excluding hydrogens is 176 g/mol. The van der Waals surface area contributed by atoms with Gasteiger partial charge in [-0.15, -0.1) is 0 Å². The van der Waals surface area contributed by atoms with Crippen LogP contribution in [0.25, 0.3) is 11.0 Å². The summed E-state index contributed by atoms with van der Waals surface area (Å²) < 4.78 is 4.90. The highest BCUT2D eigenvalue weighted by atomic mass is 35.5. The Bertz CT molecular complexity index is 473. The third-order valence-corrected chi connectivity index (χ3v) is 1.86. The standard InChI is InChI=1S/C9H5ClO2/c10-7-5-6-3-1-2-4-8(6)12-9(7)11/h1-5H. The fourth-order valence-electron chi connectivity index (χ4n) is 1.04. The molecule has 1 heterocycles. The predicted octanol–water partition coefficient (Wildman–Crippen LogP) is 2.45. The first-order chi connectivity index (χ1) is 5.77. The average molecular weight is 181 g/mol. The number of hydrogen-bond donors (Lipinski definition) is 0. The normalized spacial score (nSPS) is 10.4. The van der Waals surface area contributed by atoms with Crippen LogP contribution in [0.1, 0.15) is 0 Å². The fraction of sp³-hybridized carbons (Fsp3) is 0. The molecule has 0 aliphatic heterocycles. The SMILES string of the molecule is O=c1oc2ccccc2cc1Cl. The van der Waals surface area contributed by atoms with Crippen molar-refractivity contribution in [2.45, 2.75) is 0 Å². The zero-order valence-electron chi connectivity index (χ0n) is 6.08. The maximum absolute atomic E-state index is 10.9. The highest BCUT2D eigenvalue weighted by molar-refractivity contribution is 6.30. The van der Waals surface area contributed by atoms with E-state index in [1.54, 1.807) is 18.2 Å². The van der Waals surface area contributed by atoms with Crippen LogP contribution in [-0.4, -0.2) is 0 Å². The van der Waals surface area contributed by atoms with Gasteiger partial charge in [0.25, 0.3) is 0 Å². The highest BCUT2D eigenvalue weighted by Gasteiger charge is 2.00. The second kappa shape index (κ2) is 2.64. The minimum atomic E-state index is -0.490. The van der Waals surface area contributed by atoms with Crippen molar-refractivity contribution in [2.24, 2.45) is 0 Å². The minimum Gasteiger partial charge on any atom is -0.422 e. The van der Waals surface area contributed by atoms with E-state index in [4.69, 9.17) is 16.0 Å². The third kappa shape index (κ3) is 1.10. The smallest absolute Gasteiger partial charge is 0.355 e. The molecule has 0 spiro atoms. The van der Waals surface area contributed by atoms with Crippen LogP contribution in [0.4, 0.5) is 0 Å². The second-order valence-electron chi connectivity index (χ2n) is 2.42. The minimum absolute atomic E-state index is 0.119. The molecule has 3 heteroatoms. The predicted molar refractivity (Wildman–Crippen MR) is 47.5 cm³/mol. The zero-order valence-corrected chi connectivity index (χ0v) is 6.84. The summed E-state index contributed by atoms with van der Waals surface area (Å²) in [5.41, 5.74) is 0.0715. The summed E-state index contributed by atoms with van der Waals surface area (Å²) in [6.07, 6.45) is 0. The lowest BCUT2D eigenvalue weighted by Gasteiger charge is -1.94. The molecule has 12 heavy (non-hydrogen) atoms. The summed E-state index contributed by atoms with van der Waals surface area (Å²) in [6, 6.07) is 8.83. The lowest BCUT2D eigenvalue weighted by atomic mass is 10.2. The summed E-state index contributed by atoms with van der Waals surface area (Å²) in [4.78, 5) is 10.9. The molecule has 0 N–H and O–H groups in total. The van der Waals surface area contributed by atoms with Gasteiger partial charge in [0, 0.05) is 5.39 Å². The third-order valence-electron chi connectivity index (χ3n) is 1.60. The molecule has 0 saturated carbocycles. The van der Waals surface area contributed by atoms with Crippen LogP contribution >= 0.6 is 11.6 Å². The molecule has 2 aromatic rings. The van der Waals surface area contributed by atoms with E-state index >= 15 is 0 Å². The molecule has 0 aliphatic carbocycles. The first-order valence-electron chi connectivity index (χ1n) is 3.46. The summed E-state index contributed by atoms with van der Waals surface area (Å²) in [7, 11) is 0. The van der Waals surface area contributed by atoms with Crippen molar-refractivity contribution in [3.05, 3.63) is 45.8 Å². The van der Waals surface area contributed by atoms with Gasteiger partial charge in [0.15, 0.2) is 0 Å². The second-order valence-corrected chi connectivity index (χ2v) is 2.83. The number of rotatable bonds is 0. The molecule has 1 aromatic heterocycles. The maximum atomic E-state index is 10.9. The maximum Gasteiger partial charge on any atom is 0.355 e. The van der Waals surface area contributed by atoms with Gasteiger partial charge in [0.1, 0.15) is 10.6 Å². The Kier molecular flexibility index (Phi) is 1.62. The van der Waals surface area contributed by atoms with Gasteiger partial charge in [-0.3, -0.25) is 0 Å². The molecule has 0 atom stereocenters.